The van der Waals surface area contributed by atoms with Crippen molar-refractivity contribution in [1.82, 2.24) is 10.6 Å². The minimum atomic E-state index is -0.462. The first-order valence-electron chi connectivity index (χ1n) is 5.98. The van der Waals surface area contributed by atoms with E-state index >= 15 is 0 Å². The van der Waals surface area contributed by atoms with Crippen LogP contribution in [0, 0.1) is 0 Å². The van der Waals surface area contributed by atoms with Gasteiger partial charge >= 0.3 is 0 Å². The number of hydrogen-bond donors (Lipinski definition) is 3. The van der Waals surface area contributed by atoms with Gasteiger partial charge in [-0.25, -0.2) is 0 Å². The molecule has 1 saturated heterocycles. The lowest BCUT2D eigenvalue weighted by molar-refractivity contribution is -0.122. The van der Waals surface area contributed by atoms with Gasteiger partial charge in [0, 0.05) is 19.5 Å². The monoisotopic (exact) mass is 234 g/mol. The zero-order valence-electron chi connectivity index (χ0n) is 9.73. The molecule has 2 atom stereocenters. The summed E-state index contributed by atoms with van der Waals surface area (Å²) in [5, 5.41) is 15.4. The van der Waals surface area contributed by atoms with Crippen molar-refractivity contribution in [2.24, 2.45) is 0 Å². The molecule has 4 heteroatoms. The number of carbonyl (C=O) groups excluding carboxylic acids is 1. The van der Waals surface area contributed by atoms with Gasteiger partial charge < -0.3 is 15.7 Å². The van der Waals surface area contributed by atoms with Crippen LogP contribution in [0.3, 0.4) is 0 Å². The summed E-state index contributed by atoms with van der Waals surface area (Å²) in [7, 11) is 0. The molecule has 0 spiro atoms. The zero-order valence-corrected chi connectivity index (χ0v) is 9.73. The van der Waals surface area contributed by atoms with Crippen molar-refractivity contribution < 1.29 is 9.90 Å². The van der Waals surface area contributed by atoms with Gasteiger partial charge in [0.05, 0.1) is 12.1 Å². The van der Waals surface area contributed by atoms with E-state index in [0.29, 0.717) is 19.5 Å². The molecule has 0 bridgehead atoms. The molecule has 1 aromatic carbocycles. The minimum absolute atomic E-state index is 0.00148. The molecule has 1 amide bonds. The number of β-amino-alcohol motifs (C(OH)–C–C–N with tert-alkyl or cyclic N) is 1. The molecule has 0 saturated carbocycles. The molecule has 1 heterocycles. The number of aryl methyl sites for hydroxylation is 1. The SMILES string of the molecule is O=C(CCc1ccccc1)N[C@H]1CNC[C@H]1O. The molecule has 92 valence electrons. The topological polar surface area (TPSA) is 61.4 Å². The number of carbonyl (C=O) groups is 1. The molecule has 1 fully saturated rings. The number of rotatable bonds is 4. The second-order valence-corrected chi connectivity index (χ2v) is 4.39. The van der Waals surface area contributed by atoms with Gasteiger partial charge in [0.15, 0.2) is 0 Å². The summed E-state index contributed by atoms with van der Waals surface area (Å²) >= 11 is 0. The molecule has 0 aliphatic carbocycles. The maximum atomic E-state index is 11.7. The molecular weight excluding hydrogens is 216 g/mol. The van der Waals surface area contributed by atoms with Crippen molar-refractivity contribution in [3.63, 3.8) is 0 Å². The van der Waals surface area contributed by atoms with E-state index in [9.17, 15) is 9.90 Å². The lowest BCUT2D eigenvalue weighted by Crippen LogP contribution is -2.42. The Morgan fingerprint density at radius 3 is 2.76 bits per heavy atom. The maximum absolute atomic E-state index is 11.7. The molecule has 1 aromatic rings. The minimum Gasteiger partial charge on any atom is -0.390 e. The van der Waals surface area contributed by atoms with Crippen LogP contribution in [0.15, 0.2) is 30.3 Å². The van der Waals surface area contributed by atoms with Gasteiger partial charge in [0.1, 0.15) is 0 Å². The lowest BCUT2D eigenvalue weighted by Gasteiger charge is -2.15. The van der Waals surface area contributed by atoms with Crippen LogP contribution in [0.4, 0.5) is 0 Å². The molecule has 0 unspecified atom stereocenters. The summed E-state index contributed by atoms with van der Waals surface area (Å²) < 4.78 is 0. The number of nitrogens with one attached hydrogen (secondary N) is 2. The quantitative estimate of drug-likeness (QED) is 0.691. The summed E-state index contributed by atoms with van der Waals surface area (Å²) in [6.07, 6.45) is 0.742. The van der Waals surface area contributed by atoms with Crippen molar-refractivity contribution in [1.29, 1.82) is 0 Å². The number of aliphatic hydroxyl groups is 1. The van der Waals surface area contributed by atoms with Crippen LogP contribution >= 0.6 is 0 Å². The molecule has 1 aliphatic rings. The molecule has 1 aliphatic heterocycles. The third-order valence-corrected chi connectivity index (χ3v) is 3.01. The highest BCUT2D eigenvalue weighted by molar-refractivity contribution is 5.76. The summed E-state index contributed by atoms with van der Waals surface area (Å²) in [6.45, 7) is 1.21. The molecule has 0 aromatic heterocycles. The molecule has 17 heavy (non-hydrogen) atoms. The van der Waals surface area contributed by atoms with Crippen LogP contribution in [-0.2, 0) is 11.2 Å². The van der Waals surface area contributed by atoms with E-state index in [2.05, 4.69) is 10.6 Å². The van der Waals surface area contributed by atoms with Crippen molar-refractivity contribution in [3.8, 4) is 0 Å². The van der Waals surface area contributed by atoms with Crippen molar-refractivity contribution in [2.75, 3.05) is 13.1 Å². The number of hydrogen-bond acceptors (Lipinski definition) is 3. The van der Waals surface area contributed by atoms with Gasteiger partial charge in [0.2, 0.25) is 5.91 Å². The predicted molar refractivity (Wildman–Crippen MR) is 65.6 cm³/mol. The number of aliphatic hydroxyl groups excluding tert-OH is 1. The van der Waals surface area contributed by atoms with Crippen molar-refractivity contribution in [2.45, 2.75) is 25.0 Å². The van der Waals surface area contributed by atoms with E-state index in [1.54, 1.807) is 0 Å². The van der Waals surface area contributed by atoms with Crippen molar-refractivity contribution in [3.05, 3.63) is 35.9 Å². The highest BCUT2D eigenvalue weighted by atomic mass is 16.3. The largest absolute Gasteiger partial charge is 0.390 e. The van der Waals surface area contributed by atoms with Gasteiger partial charge in [-0.05, 0) is 12.0 Å². The van der Waals surface area contributed by atoms with Crippen LogP contribution in [0.5, 0.6) is 0 Å². The molecule has 2 rings (SSSR count). The average molecular weight is 234 g/mol. The van der Waals surface area contributed by atoms with Crippen LogP contribution < -0.4 is 10.6 Å². The Morgan fingerprint density at radius 2 is 2.12 bits per heavy atom. The Balaban J connectivity index is 1.74. The lowest BCUT2D eigenvalue weighted by atomic mass is 10.1. The van der Waals surface area contributed by atoms with Gasteiger partial charge in [0.25, 0.3) is 0 Å². The van der Waals surface area contributed by atoms with E-state index in [1.165, 1.54) is 0 Å². The first kappa shape index (κ1) is 12.1. The van der Waals surface area contributed by atoms with Gasteiger partial charge in [-0.15, -0.1) is 0 Å². The number of benzene rings is 1. The van der Waals surface area contributed by atoms with Crippen LogP contribution in [0.25, 0.3) is 0 Å². The summed E-state index contributed by atoms with van der Waals surface area (Å²) in [4.78, 5) is 11.7. The Kier molecular flexibility index (Phi) is 4.12. The first-order valence-corrected chi connectivity index (χ1v) is 5.98. The van der Waals surface area contributed by atoms with Crippen LogP contribution in [-0.4, -0.2) is 36.2 Å². The first-order chi connectivity index (χ1) is 8.25. The standard InChI is InChI=1S/C13H18N2O2/c16-12-9-14-8-11(12)15-13(17)7-6-10-4-2-1-3-5-10/h1-5,11-12,14,16H,6-9H2,(H,15,17)/t11-,12+/m0/s1. The Hall–Kier alpha value is -1.39. The van der Waals surface area contributed by atoms with E-state index in [1.807, 2.05) is 30.3 Å². The molecular formula is C13H18N2O2. The van der Waals surface area contributed by atoms with Gasteiger partial charge in [-0.3, -0.25) is 4.79 Å². The third-order valence-electron chi connectivity index (χ3n) is 3.01. The second kappa shape index (κ2) is 5.80. The van der Waals surface area contributed by atoms with Crippen molar-refractivity contribution >= 4 is 5.91 Å². The highest BCUT2D eigenvalue weighted by Gasteiger charge is 2.25. The fraction of sp³-hybridized carbons (Fsp3) is 0.462. The number of amides is 1. The summed E-state index contributed by atoms with van der Waals surface area (Å²) in [5.74, 6) is 0.00148. The molecule has 0 radical (unpaired) electrons. The van der Waals surface area contributed by atoms with Gasteiger partial charge in [-0.2, -0.15) is 0 Å². The smallest absolute Gasteiger partial charge is 0.220 e. The van der Waals surface area contributed by atoms with E-state index in [-0.39, 0.29) is 11.9 Å². The third kappa shape index (κ3) is 3.54. The maximum Gasteiger partial charge on any atom is 0.220 e. The van der Waals surface area contributed by atoms with E-state index in [0.717, 1.165) is 12.0 Å². The van der Waals surface area contributed by atoms with E-state index in [4.69, 9.17) is 0 Å². The highest BCUT2D eigenvalue weighted by Crippen LogP contribution is 2.04. The average Bonchev–Trinajstić information content (AvgIpc) is 2.74. The summed E-state index contributed by atoms with van der Waals surface area (Å²) in [5.41, 5.74) is 1.16. The van der Waals surface area contributed by atoms with E-state index < -0.39 is 6.10 Å². The second-order valence-electron chi connectivity index (χ2n) is 4.39. The van der Waals surface area contributed by atoms with Gasteiger partial charge in [-0.1, -0.05) is 30.3 Å². The molecule has 3 N–H and O–H groups in total. The Bertz CT molecular complexity index is 367. The fourth-order valence-electron chi connectivity index (χ4n) is 1.99. The Morgan fingerprint density at radius 1 is 1.35 bits per heavy atom. The Labute approximate surface area is 101 Å². The zero-order chi connectivity index (χ0) is 12.1. The summed E-state index contributed by atoms with van der Waals surface area (Å²) in [6, 6.07) is 9.79. The molecule has 4 nitrogen and oxygen atoms in total. The fourth-order valence-corrected chi connectivity index (χ4v) is 1.99. The normalized spacial score (nSPS) is 23.6. The van der Waals surface area contributed by atoms with Crippen LogP contribution in [0.2, 0.25) is 0 Å². The van der Waals surface area contributed by atoms with Crippen LogP contribution in [0.1, 0.15) is 12.0 Å². The predicted octanol–water partition coefficient (Wildman–Crippen LogP) is 0.0681.